The van der Waals surface area contributed by atoms with Gasteiger partial charge in [-0.1, -0.05) is 6.07 Å². The molecule has 0 atom stereocenters. The summed E-state index contributed by atoms with van der Waals surface area (Å²) in [6.07, 6.45) is 0. The van der Waals surface area contributed by atoms with Crippen LogP contribution in [0.5, 0.6) is 0 Å². The van der Waals surface area contributed by atoms with Crippen LogP contribution in [0.1, 0.15) is 5.56 Å². The van der Waals surface area contributed by atoms with Crippen LogP contribution in [0, 0.1) is 5.82 Å². The van der Waals surface area contributed by atoms with Gasteiger partial charge in [0.1, 0.15) is 5.82 Å². The third kappa shape index (κ3) is 2.51. The molecule has 1 fully saturated rings. The van der Waals surface area contributed by atoms with E-state index in [9.17, 15) is 4.39 Å². The van der Waals surface area contributed by atoms with Crippen molar-refractivity contribution in [2.45, 2.75) is 6.61 Å². The Labute approximate surface area is 95.2 Å². The standard InChI is InChI=1S/C12H17FN2O/c1-16-9-10-2-3-12(11(13)8-10)15-6-4-14-5-7-15/h2-3,8,14H,4-7,9H2,1H3. The Morgan fingerprint density at radius 3 is 2.75 bits per heavy atom. The van der Waals surface area contributed by atoms with Crippen molar-refractivity contribution < 1.29 is 9.13 Å². The van der Waals surface area contributed by atoms with Gasteiger partial charge in [0.25, 0.3) is 0 Å². The van der Waals surface area contributed by atoms with Crippen LogP contribution in [0.15, 0.2) is 18.2 Å². The van der Waals surface area contributed by atoms with Gasteiger partial charge in [0, 0.05) is 33.3 Å². The highest BCUT2D eigenvalue weighted by Crippen LogP contribution is 2.21. The molecular weight excluding hydrogens is 207 g/mol. The molecule has 0 saturated carbocycles. The quantitative estimate of drug-likeness (QED) is 0.839. The van der Waals surface area contributed by atoms with E-state index in [0.29, 0.717) is 12.3 Å². The molecule has 0 amide bonds. The Bertz CT molecular complexity index is 351. The SMILES string of the molecule is COCc1ccc(N2CCNCC2)c(F)c1. The van der Waals surface area contributed by atoms with Gasteiger partial charge in [0.05, 0.1) is 12.3 Å². The van der Waals surface area contributed by atoms with Crippen LogP contribution in [0.3, 0.4) is 0 Å². The Hall–Kier alpha value is -1.13. The Morgan fingerprint density at radius 1 is 1.38 bits per heavy atom. The summed E-state index contributed by atoms with van der Waals surface area (Å²) in [7, 11) is 1.61. The van der Waals surface area contributed by atoms with Gasteiger partial charge in [0.2, 0.25) is 0 Å². The second kappa shape index (κ2) is 5.27. The average molecular weight is 224 g/mol. The van der Waals surface area contributed by atoms with E-state index in [4.69, 9.17) is 4.74 Å². The fraction of sp³-hybridized carbons (Fsp3) is 0.500. The van der Waals surface area contributed by atoms with Crippen LogP contribution in [-0.2, 0) is 11.3 Å². The molecule has 16 heavy (non-hydrogen) atoms. The zero-order valence-electron chi connectivity index (χ0n) is 9.50. The van der Waals surface area contributed by atoms with E-state index in [2.05, 4.69) is 10.2 Å². The van der Waals surface area contributed by atoms with E-state index >= 15 is 0 Å². The smallest absolute Gasteiger partial charge is 0.146 e. The molecule has 1 aromatic rings. The number of methoxy groups -OCH3 is 1. The van der Waals surface area contributed by atoms with Crippen molar-refractivity contribution in [2.75, 3.05) is 38.2 Å². The zero-order valence-corrected chi connectivity index (χ0v) is 9.50. The maximum atomic E-state index is 13.8. The van der Waals surface area contributed by atoms with Crippen LogP contribution in [0.25, 0.3) is 0 Å². The first kappa shape index (κ1) is 11.4. The van der Waals surface area contributed by atoms with Crippen molar-refractivity contribution in [3.05, 3.63) is 29.6 Å². The number of nitrogens with one attached hydrogen (secondary N) is 1. The largest absolute Gasteiger partial charge is 0.380 e. The molecule has 0 spiro atoms. The summed E-state index contributed by atoms with van der Waals surface area (Å²) in [5.41, 5.74) is 1.57. The van der Waals surface area contributed by atoms with Crippen molar-refractivity contribution in [1.29, 1.82) is 0 Å². The van der Waals surface area contributed by atoms with E-state index in [1.165, 1.54) is 0 Å². The Balaban J connectivity index is 2.14. The summed E-state index contributed by atoms with van der Waals surface area (Å²) in [5.74, 6) is -0.156. The topological polar surface area (TPSA) is 24.5 Å². The highest BCUT2D eigenvalue weighted by Gasteiger charge is 2.14. The Morgan fingerprint density at radius 2 is 2.12 bits per heavy atom. The van der Waals surface area contributed by atoms with Crippen molar-refractivity contribution in [3.63, 3.8) is 0 Å². The molecule has 1 heterocycles. The first-order valence-electron chi connectivity index (χ1n) is 5.54. The molecule has 0 aliphatic carbocycles. The minimum absolute atomic E-state index is 0.156. The van der Waals surface area contributed by atoms with E-state index in [1.54, 1.807) is 13.2 Å². The molecule has 4 heteroatoms. The maximum absolute atomic E-state index is 13.8. The van der Waals surface area contributed by atoms with Crippen molar-refractivity contribution in [1.82, 2.24) is 5.32 Å². The lowest BCUT2D eigenvalue weighted by atomic mass is 10.2. The average Bonchev–Trinajstić information content (AvgIpc) is 2.31. The summed E-state index contributed by atoms with van der Waals surface area (Å²) in [6, 6.07) is 5.32. The molecule has 0 aromatic heterocycles. The van der Waals surface area contributed by atoms with E-state index < -0.39 is 0 Å². The molecule has 1 aliphatic rings. The molecule has 88 valence electrons. The van der Waals surface area contributed by atoms with Gasteiger partial charge >= 0.3 is 0 Å². The normalized spacial score (nSPS) is 16.5. The molecule has 3 nitrogen and oxygen atoms in total. The Kier molecular flexibility index (Phi) is 3.74. The number of rotatable bonds is 3. The second-order valence-electron chi connectivity index (χ2n) is 3.96. The molecule has 1 N–H and O–H groups in total. The number of ether oxygens (including phenoxy) is 1. The van der Waals surface area contributed by atoms with Gasteiger partial charge in [-0.05, 0) is 17.7 Å². The number of piperazine rings is 1. The lowest BCUT2D eigenvalue weighted by molar-refractivity contribution is 0.184. The molecule has 0 unspecified atom stereocenters. The van der Waals surface area contributed by atoms with E-state index in [0.717, 1.165) is 31.7 Å². The summed E-state index contributed by atoms with van der Waals surface area (Å²) < 4.78 is 18.8. The molecule has 0 radical (unpaired) electrons. The maximum Gasteiger partial charge on any atom is 0.146 e. The summed E-state index contributed by atoms with van der Waals surface area (Å²) in [5, 5.41) is 3.25. The van der Waals surface area contributed by atoms with Gasteiger partial charge in [0.15, 0.2) is 0 Å². The van der Waals surface area contributed by atoms with Crippen LogP contribution in [-0.4, -0.2) is 33.3 Å². The van der Waals surface area contributed by atoms with Gasteiger partial charge < -0.3 is 15.0 Å². The predicted molar refractivity (Wildman–Crippen MR) is 62.2 cm³/mol. The number of benzene rings is 1. The molecule has 1 aromatic carbocycles. The van der Waals surface area contributed by atoms with Crippen molar-refractivity contribution in [3.8, 4) is 0 Å². The summed E-state index contributed by atoms with van der Waals surface area (Å²) >= 11 is 0. The minimum atomic E-state index is -0.156. The van der Waals surface area contributed by atoms with Gasteiger partial charge in [-0.3, -0.25) is 0 Å². The van der Waals surface area contributed by atoms with Gasteiger partial charge in [-0.15, -0.1) is 0 Å². The number of nitrogens with zero attached hydrogens (tertiary/aromatic N) is 1. The van der Waals surface area contributed by atoms with E-state index in [1.807, 2.05) is 12.1 Å². The van der Waals surface area contributed by atoms with Crippen LogP contribution in [0.4, 0.5) is 10.1 Å². The lowest BCUT2D eigenvalue weighted by Crippen LogP contribution is -2.43. The predicted octanol–water partition coefficient (Wildman–Crippen LogP) is 1.38. The number of anilines is 1. The summed E-state index contributed by atoms with van der Waals surface area (Å²) in [4.78, 5) is 2.07. The lowest BCUT2D eigenvalue weighted by Gasteiger charge is -2.29. The highest BCUT2D eigenvalue weighted by atomic mass is 19.1. The molecule has 1 aliphatic heterocycles. The molecule has 0 bridgehead atoms. The van der Waals surface area contributed by atoms with Crippen LogP contribution in [0.2, 0.25) is 0 Å². The van der Waals surface area contributed by atoms with Crippen molar-refractivity contribution in [2.24, 2.45) is 0 Å². The minimum Gasteiger partial charge on any atom is -0.380 e. The number of hydrogen-bond donors (Lipinski definition) is 1. The second-order valence-corrected chi connectivity index (χ2v) is 3.96. The first-order chi connectivity index (χ1) is 7.81. The highest BCUT2D eigenvalue weighted by molar-refractivity contribution is 5.49. The van der Waals surface area contributed by atoms with Gasteiger partial charge in [-0.25, -0.2) is 4.39 Å². The third-order valence-corrected chi connectivity index (χ3v) is 2.78. The first-order valence-corrected chi connectivity index (χ1v) is 5.54. The fourth-order valence-corrected chi connectivity index (χ4v) is 1.97. The van der Waals surface area contributed by atoms with Crippen LogP contribution < -0.4 is 10.2 Å². The summed E-state index contributed by atoms with van der Waals surface area (Å²) in [6.45, 7) is 4.01. The van der Waals surface area contributed by atoms with E-state index in [-0.39, 0.29) is 5.82 Å². The number of halogens is 1. The zero-order chi connectivity index (χ0) is 11.4. The van der Waals surface area contributed by atoms with Gasteiger partial charge in [-0.2, -0.15) is 0 Å². The monoisotopic (exact) mass is 224 g/mol. The third-order valence-electron chi connectivity index (χ3n) is 2.78. The molecular formula is C12H17FN2O. The number of hydrogen-bond acceptors (Lipinski definition) is 3. The molecule has 2 rings (SSSR count). The molecule has 1 saturated heterocycles. The van der Waals surface area contributed by atoms with Crippen molar-refractivity contribution >= 4 is 5.69 Å². The van der Waals surface area contributed by atoms with Crippen LogP contribution >= 0.6 is 0 Å². The fourth-order valence-electron chi connectivity index (χ4n) is 1.97.